The molecule has 0 aromatic heterocycles. The van der Waals surface area contributed by atoms with Crippen molar-refractivity contribution >= 4 is 0 Å². The highest BCUT2D eigenvalue weighted by Gasteiger charge is 2.32. The van der Waals surface area contributed by atoms with E-state index in [1.54, 1.807) is 0 Å². The van der Waals surface area contributed by atoms with Crippen molar-refractivity contribution in [1.82, 2.24) is 0 Å². The summed E-state index contributed by atoms with van der Waals surface area (Å²) in [5, 5.41) is 9.79. The highest BCUT2D eigenvalue weighted by molar-refractivity contribution is 4.83. The highest BCUT2D eigenvalue weighted by Crippen LogP contribution is 2.38. The fourth-order valence-electron chi connectivity index (χ4n) is 1.22. The highest BCUT2D eigenvalue weighted by atomic mass is 16.3. The van der Waals surface area contributed by atoms with E-state index in [0.717, 1.165) is 18.8 Å². The number of hydrogen-bond acceptors (Lipinski definition) is 1. The summed E-state index contributed by atoms with van der Waals surface area (Å²) >= 11 is 0. The molecule has 0 aromatic carbocycles. The maximum Gasteiger partial charge on any atom is 0.0593 e. The van der Waals surface area contributed by atoms with Crippen molar-refractivity contribution in [2.75, 3.05) is 0 Å². The molecule has 1 heteroatoms. The van der Waals surface area contributed by atoms with Crippen LogP contribution in [0.25, 0.3) is 0 Å². The monoisotopic (exact) mass is 156 g/mol. The van der Waals surface area contributed by atoms with Crippen LogP contribution >= 0.6 is 0 Å². The van der Waals surface area contributed by atoms with Crippen LogP contribution < -0.4 is 0 Å². The maximum absolute atomic E-state index is 9.79. The molecule has 66 valence electrons. The molecule has 0 radical (unpaired) electrons. The van der Waals surface area contributed by atoms with E-state index in [0.29, 0.717) is 0 Å². The number of aliphatic hydroxyl groups is 1. The van der Waals surface area contributed by atoms with Gasteiger partial charge in [0, 0.05) is 0 Å². The standard InChI is InChI=1S/C10H20O/c1-4-10(2,3)9(11)7-8-5-6-8/h8-9,11H,4-7H2,1-3H3. The van der Waals surface area contributed by atoms with Crippen LogP contribution in [0.3, 0.4) is 0 Å². The summed E-state index contributed by atoms with van der Waals surface area (Å²) in [5.41, 5.74) is 0.128. The number of aliphatic hydroxyl groups excluding tert-OH is 1. The molecule has 1 rings (SSSR count). The van der Waals surface area contributed by atoms with Gasteiger partial charge in [0.1, 0.15) is 0 Å². The van der Waals surface area contributed by atoms with Gasteiger partial charge >= 0.3 is 0 Å². The minimum Gasteiger partial charge on any atom is -0.393 e. The normalized spacial score (nSPS) is 21.8. The molecule has 1 aliphatic carbocycles. The molecule has 1 aliphatic rings. The number of hydrogen-bond donors (Lipinski definition) is 1. The van der Waals surface area contributed by atoms with Gasteiger partial charge in [0.25, 0.3) is 0 Å². The van der Waals surface area contributed by atoms with Gasteiger partial charge in [-0.2, -0.15) is 0 Å². The predicted molar refractivity (Wildman–Crippen MR) is 47.4 cm³/mol. The van der Waals surface area contributed by atoms with E-state index >= 15 is 0 Å². The average Bonchev–Trinajstić information content (AvgIpc) is 2.72. The maximum atomic E-state index is 9.79. The summed E-state index contributed by atoms with van der Waals surface area (Å²) < 4.78 is 0. The van der Waals surface area contributed by atoms with Gasteiger partial charge < -0.3 is 5.11 Å². The molecular weight excluding hydrogens is 136 g/mol. The Hall–Kier alpha value is -0.0400. The predicted octanol–water partition coefficient (Wildman–Crippen LogP) is 2.58. The minimum absolute atomic E-state index is 0.0833. The summed E-state index contributed by atoms with van der Waals surface area (Å²) in [5.74, 6) is 0.843. The SMILES string of the molecule is CCC(C)(C)C(O)CC1CC1. The molecular formula is C10H20O. The Morgan fingerprint density at radius 1 is 1.45 bits per heavy atom. The lowest BCUT2D eigenvalue weighted by molar-refractivity contribution is 0.0360. The second-order valence-electron chi connectivity index (χ2n) is 4.54. The van der Waals surface area contributed by atoms with Gasteiger partial charge in [-0.05, 0) is 24.2 Å². The molecule has 1 saturated carbocycles. The quantitative estimate of drug-likeness (QED) is 0.663. The molecule has 0 aromatic rings. The van der Waals surface area contributed by atoms with Crippen molar-refractivity contribution in [2.45, 2.75) is 52.6 Å². The first-order valence-corrected chi connectivity index (χ1v) is 4.74. The van der Waals surface area contributed by atoms with Crippen LogP contribution in [0.2, 0.25) is 0 Å². The Morgan fingerprint density at radius 2 is 2.00 bits per heavy atom. The Morgan fingerprint density at radius 3 is 2.36 bits per heavy atom. The Kier molecular flexibility index (Phi) is 2.58. The molecule has 0 amide bonds. The first-order valence-electron chi connectivity index (χ1n) is 4.74. The Bertz CT molecular complexity index is 125. The molecule has 1 nitrogen and oxygen atoms in total. The van der Waals surface area contributed by atoms with Crippen molar-refractivity contribution in [3.63, 3.8) is 0 Å². The molecule has 0 spiro atoms. The van der Waals surface area contributed by atoms with E-state index in [2.05, 4.69) is 20.8 Å². The zero-order valence-corrected chi connectivity index (χ0v) is 7.93. The topological polar surface area (TPSA) is 20.2 Å². The van der Waals surface area contributed by atoms with Gasteiger partial charge in [-0.25, -0.2) is 0 Å². The molecule has 0 saturated heterocycles. The molecule has 11 heavy (non-hydrogen) atoms. The molecule has 0 bridgehead atoms. The van der Waals surface area contributed by atoms with E-state index in [-0.39, 0.29) is 11.5 Å². The zero-order valence-electron chi connectivity index (χ0n) is 7.93. The third kappa shape index (κ3) is 2.48. The molecule has 1 fully saturated rings. The van der Waals surface area contributed by atoms with Crippen molar-refractivity contribution in [3.05, 3.63) is 0 Å². The molecule has 0 aliphatic heterocycles. The first kappa shape index (κ1) is 9.05. The first-order chi connectivity index (χ1) is 5.06. The van der Waals surface area contributed by atoms with E-state index < -0.39 is 0 Å². The average molecular weight is 156 g/mol. The van der Waals surface area contributed by atoms with Crippen LogP contribution in [0.4, 0.5) is 0 Å². The van der Waals surface area contributed by atoms with Crippen LogP contribution in [-0.4, -0.2) is 11.2 Å². The van der Waals surface area contributed by atoms with Gasteiger partial charge in [-0.1, -0.05) is 33.6 Å². The van der Waals surface area contributed by atoms with Crippen molar-refractivity contribution in [3.8, 4) is 0 Å². The molecule has 1 N–H and O–H groups in total. The van der Waals surface area contributed by atoms with Gasteiger partial charge in [-0.3, -0.25) is 0 Å². The number of rotatable bonds is 4. The second kappa shape index (κ2) is 3.14. The second-order valence-corrected chi connectivity index (χ2v) is 4.54. The van der Waals surface area contributed by atoms with E-state index in [1.165, 1.54) is 12.8 Å². The lowest BCUT2D eigenvalue weighted by Crippen LogP contribution is -2.28. The van der Waals surface area contributed by atoms with Gasteiger partial charge in [0.15, 0.2) is 0 Å². The summed E-state index contributed by atoms with van der Waals surface area (Å²) in [6, 6.07) is 0. The van der Waals surface area contributed by atoms with Crippen LogP contribution in [0.5, 0.6) is 0 Å². The van der Waals surface area contributed by atoms with Crippen molar-refractivity contribution < 1.29 is 5.11 Å². The van der Waals surface area contributed by atoms with Crippen LogP contribution in [-0.2, 0) is 0 Å². The third-order valence-electron chi connectivity index (χ3n) is 3.07. The summed E-state index contributed by atoms with van der Waals surface area (Å²) in [4.78, 5) is 0. The molecule has 1 unspecified atom stereocenters. The van der Waals surface area contributed by atoms with Gasteiger partial charge in [0.05, 0.1) is 6.10 Å². The zero-order chi connectivity index (χ0) is 8.48. The fourth-order valence-corrected chi connectivity index (χ4v) is 1.22. The summed E-state index contributed by atoms with van der Waals surface area (Å²) in [6.45, 7) is 6.45. The van der Waals surface area contributed by atoms with Crippen LogP contribution in [0.15, 0.2) is 0 Å². The third-order valence-corrected chi connectivity index (χ3v) is 3.07. The van der Waals surface area contributed by atoms with E-state index in [9.17, 15) is 5.11 Å². The largest absolute Gasteiger partial charge is 0.393 e. The summed E-state index contributed by atoms with van der Waals surface area (Å²) in [7, 11) is 0. The molecule has 1 atom stereocenters. The van der Waals surface area contributed by atoms with E-state index in [1.807, 2.05) is 0 Å². The lowest BCUT2D eigenvalue weighted by Gasteiger charge is -2.29. The summed E-state index contributed by atoms with van der Waals surface area (Å²) in [6.07, 6.45) is 4.70. The van der Waals surface area contributed by atoms with Gasteiger partial charge in [-0.15, -0.1) is 0 Å². The fraction of sp³-hybridized carbons (Fsp3) is 1.00. The van der Waals surface area contributed by atoms with Crippen molar-refractivity contribution in [2.24, 2.45) is 11.3 Å². The minimum atomic E-state index is -0.0833. The van der Waals surface area contributed by atoms with E-state index in [4.69, 9.17) is 0 Å². The van der Waals surface area contributed by atoms with Gasteiger partial charge in [0.2, 0.25) is 0 Å². The smallest absolute Gasteiger partial charge is 0.0593 e. The molecule has 0 heterocycles. The van der Waals surface area contributed by atoms with Crippen molar-refractivity contribution in [1.29, 1.82) is 0 Å². The Labute approximate surface area is 69.8 Å². The van der Waals surface area contributed by atoms with Crippen LogP contribution in [0, 0.1) is 11.3 Å². The lowest BCUT2D eigenvalue weighted by atomic mass is 9.81. The van der Waals surface area contributed by atoms with Crippen LogP contribution in [0.1, 0.15) is 46.5 Å². The Balaban J connectivity index is 2.31.